The molecule has 2 aromatic rings. The fraction of sp³-hybridized carbons (Fsp3) is 0.364. The maximum Gasteiger partial charge on any atom is 0.237 e. The van der Waals surface area contributed by atoms with Gasteiger partial charge in [-0.2, -0.15) is 0 Å². The molecule has 0 saturated carbocycles. The van der Waals surface area contributed by atoms with E-state index >= 15 is 0 Å². The summed E-state index contributed by atoms with van der Waals surface area (Å²) in [4.78, 5) is 12.3. The minimum absolute atomic E-state index is 0.373. The molecule has 0 saturated heterocycles. The number of ether oxygens (including phenoxy) is 2. The lowest BCUT2D eigenvalue weighted by Gasteiger charge is -2.07. The van der Waals surface area contributed by atoms with Gasteiger partial charge in [0.05, 0.1) is 19.9 Å². The van der Waals surface area contributed by atoms with Crippen molar-refractivity contribution in [3.63, 3.8) is 0 Å². The molecular weight excluding hydrogens is 222 g/mol. The van der Waals surface area contributed by atoms with Crippen LogP contribution in [0.15, 0.2) is 10.7 Å². The largest absolute Gasteiger partial charge is 0.480 e. The van der Waals surface area contributed by atoms with Crippen molar-refractivity contribution in [3.8, 4) is 23.2 Å². The highest BCUT2D eigenvalue weighted by Crippen LogP contribution is 2.34. The number of methoxy groups -OCH3 is 2. The van der Waals surface area contributed by atoms with E-state index in [0.29, 0.717) is 23.2 Å². The van der Waals surface area contributed by atoms with Gasteiger partial charge in [-0.1, -0.05) is 0 Å². The Morgan fingerprint density at radius 2 is 1.65 bits per heavy atom. The van der Waals surface area contributed by atoms with Crippen molar-refractivity contribution >= 4 is 0 Å². The van der Waals surface area contributed by atoms with Gasteiger partial charge in [0.15, 0.2) is 5.56 Å². The first kappa shape index (κ1) is 11.4. The lowest BCUT2D eigenvalue weighted by atomic mass is 10.3. The van der Waals surface area contributed by atoms with Crippen LogP contribution in [0.4, 0.5) is 0 Å². The van der Waals surface area contributed by atoms with Gasteiger partial charge >= 0.3 is 0 Å². The summed E-state index contributed by atoms with van der Waals surface area (Å²) in [5.41, 5.74) is 1.33. The molecule has 2 rings (SSSR count). The second-order valence-corrected chi connectivity index (χ2v) is 3.43. The first-order chi connectivity index (χ1) is 8.17. The van der Waals surface area contributed by atoms with Crippen LogP contribution in [0.1, 0.15) is 11.5 Å². The molecule has 0 aromatic carbocycles. The molecular formula is C11H13N3O3. The Balaban J connectivity index is 2.63. The normalized spacial score (nSPS) is 10.4. The Bertz CT molecular complexity index is 495. The fourth-order valence-corrected chi connectivity index (χ4v) is 1.43. The van der Waals surface area contributed by atoms with Gasteiger partial charge in [0, 0.05) is 0 Å². The molecule has 6 heteroatoms. The van der Waals surface area contributed by atoms with Crippen molar-refractivity contribution in [3.05, 3.63) is 17.8 Å². The molecule has 17 heavy (non-hydrogen) atoms. The number of hydrogen-bond acceptors (Lipinski definition) is 6. The molecule has 2 aromatic heterocycles. The average Bonchev–Trinajstić information content (AvgIpc) is 2.68. The molecule has 0 N–H and O–H groups in total. The number of nitrogens with zero attached hydrogens (tertiary/aromatic N) is 3. The minimum atomic E-state index is 0.373. The van der Waals surface area contributed by atoms with Crippen LogP contribution in [0.25, 0.3) is 11.5 Å². The van der Waals surface area contributed by atoms with Gasteiger partial charge in [-0.05, 0) is 13.8 Å². The molecule has 0 aliphatic carbocycles. The summed E-state index contributed by atoms with van der Waals surface area (Å²) in [5, 5.41) is 0. The van der Waals surface area contributed by atoms with Crippen LogP contribution >= 0.6 is 0 Å². The van der Waals surface area contributed by atoms with E-state index < -0.39 is 0 Å². The van der Waals surface area contributed by atoms with Crippen LogP contribution in [0.2, 0.25) is 0 Å². The van der Waals surface area contributed by atoms with E-state index in [9.17, 15) is 0 Å². The highest BCUT2D eigenvalue weighted by Gasteiger charge is 2.20. The summed E-state index contributed by atoms with van der Waals surface area (Å²) >= 11 is 0. The molecule has 0 aliphatic heterocycles. The van der Waals surface area contributed by atoms with Crippen LogP contribution in [-0.2, 0) is 0 Å². The standard InChI is InChI=1S/C11H13N3O3/c1-6-7(2)17-11(14-6)8-9(15-3)12-5-13-10(8)16-4/h5H,1-4H3. The number of oxazole rings is 1. The Labute approximate surface area is 98.6 Å². The summed E-state index contributed by atoms with van der Waals surface area (Å²) in [5.74, 6) is 1.89. The van der Waals surface area contributed by atoms with E-state index in [2.05, 4.69) is 15.0 Å². The van der Waals surface area contributed by atoms with Gasteiger partial charge in [0.1, 0.15) is 12.1 Å². The predicted octanol–water partition coefficient (Wildman–Crippen LogP) is 1.77. The quantitative estimate of drug-likeness (QED) is 0.807. The molecule has 90 valence electrons. The lowest BCUT2D eigenvalue weighted by molar-refractivity contribution is 0.371. The number of aromatic nitrogens is 3. The van der Waals surface area contributed by atoms with Gasteiger partial charge in [-0.15, -0.1) is 0 Å². The molecule has 0 atom stereocenters. The van der Waals surface area contributed by atoms with Crippen LogP contribution in [0.5, 0.6) is 11.8 Å². The first-order valence-electron chi connectivity index (χ1n) is 5.04. The third kappa shape index (κ3) is 1.93. The number of rotatable bonds is 3. The summed E-state index contributed by atoms with van der Waals surface area (Å²) in [7, 11) is 3.04. The Morgan fingerprint density at radius 1 is 1.06 bits per heavy atom. The molecule has 0 spiro atoms. The summed E-state index contributed by atoms with van der Waals surface area (Å²) in [6.45, 7) is 3.71. The second-order valence-electron chi connectivity index (χ2n) is 3.43. The Morgan fingerprint density at radius 3 is 2.06 bits per heavy atom. The van der Waals surface area contributed by atoms with Crippen molar-refractivity contribution in [1.29, 1.82) is 0 Å². The summed E-state index contributed by atoms with van der Waals surface area (Å²) in [6.07, 6.45) is 1.36. The van der Waals surface area contributed by atoms with Gasteiger partial charge < -0.3 is 13.9 Å². The van der Waals surface area contributed by atoms with Gasteiger partial charge in [0.25, 0.3) is 0 Å². The van der Waals surface area contributed by atoms with E-state index in [1.165, 1.54) is 20.5 Å². The zero-order valence-electron chi connectivity index (χ0n) is 10.1. The van der Waals surface area contributed by atoms with Crippen molar-refractivity contribution < 1.29 is 13.9 Å². The summed E-state index contributed by atoms with van der Waals surface area (Å²) < 4.78 is 15.9. The smallest absolute Gasteiger partial charge is 0.237 e. The van der Waals surface area contributed by atoms with E-state index in [1.54, 1.807) is 0 Å². The molecule has 0 aliphatic rings. The van der Waals surface area contributed by atoms with Gasteiger partial charge in [-0.3, -0.25) is 0 Å². The zero-order valence-corrected chi connectivity index (χ0v) is 10.1. The van der Waals surface area contributed by atoms with Gasteiger partial charge in [0.2, 0.25) is 17.7 Å². The third-order valence-corrected chi connectivity index (χ3v) is 2.41. The zero-order chi connectivity index (χ0) is 12.4. The molecule has 6 nitrogen and oxygen atoms in total. The van der Waals surface area contributed by atoms with E-state index in [-0.39, 0.29) is 0 Å². The van der Waals surface area contributed by atoms with E-state index in [1.807, 2.05) is 13.8 Å². The van der Waals surface area contributed by atoms with Crippen LogP contribution in [0.3, 0.4) is 0 Å². The molecule has 2 heterocycles. The lowest BCUT2D eigenvalue weighted by Crippen LogP contribution is -1.98. The maximum absolute atomic E-state index is 5.53. The minimum Gasteiger partial charge on any atom is -0.480 e. The van der Waals surface area contributed by atoms with Crippen molar-refractivity contribution in [1.82, 2.24) is 15.0 Å². The second kappa shape index (κ2) is 4.40. The van der Waals surface area contributed by atoms with E-state index in [4.69, 9.17) is 13.9 Å². The van der Waals surface area contributed by atoms with Crippen molar-refractivity contribution in [2.75, 3.05) is 14.2 Å². The molecule has 0 amide bonds. The first-order valence-corrected chi connectivity index (χ1v) is 5.04. The predicted molar refractivity (Wildman–Crippen MR) is 60.1 cm³/mol. The maximum atomic E-state index is 5.53. The molecule has 0 unspecified atom stereocenters. The molecule has 0 fully saturated rings. The molecule has 0 bridgehead atoms. The highest BCUT2D eigenvalue weighted by molar-refractivity contribution is 5.66. The monoisotopic (exact) mass is 235 g/mol. The van der Waals surface area contributed by atoms with Crippen molar-refractivity contribution in [2.45, 2.75) is 13.8 Å². The number of hydrogen-bond donors (Lipinski definition) is 0. The number of aryl methyl sites for hydroxylation is 2. The van der Waals surface area contributed by atoms with Crippen LogP contribution in [-0.4, -0.2) is 29.2 Å². The Kier molecular flexibility index (Phi) is 2.95. The topological polar surface area (TPSA) is 70.3 Å². The van der Waals surface area contributed by atoms with Crippen LogP contribution < -0.4 is 9.47 Å². The van der Waals surface area contributed by atoms with Crippen LogP contribution in [0, 0.1) is 13.8 Å². The third-order valence-electron chi connectivity index (χ3n) is 2.41. The average molecular weight is 235 g/mol. The van der Waals surface area contributed by atoms with E-state index in [0.717, 1.165) is 11.5 Å². The Hall–Kier alpha value is -2.11. The highest BCUT2D eigenvalue weighted by atomic mass is 16.5. The summed E-state index contributed by atoms with van der Waals surface area (Å²) in [6, 6.07) is 0. The van der Waals surface area contributed by atoms with Gasteiger partial charge in [-0.25, -0.2) is 15.0 Å². The van der Waals surface area contributed by atoms with Crippen molar-refractivity contribution in [2.24, 2.45) is 0 Å². The SMILES string of the molecule is COc1ncnc(OC)c1-c1nc(C)c(C)o1. The fourth-order valence-electron chi connectivity index (χ4n) is 1.43. The molecule has 0 radical (unpaired) electrons.